The van der Waals surface area contributed by atoms with Crippen LogP contribution in [0.15, 0.2) is 48.5 Å². The van der Waals surface area contributed by atoms with E-state index in [2.05, 4.69) is 17.4 Å². The molecule has 0 aliphatic carbocycles. The molecule has 0 spiro atoms. The largest absolute Gasteiger partial charge is 0.496 e. The molecule has 1 heterocycles. The van der Waals surface area contributed by atoms with E-state index in [-0.39, 0.29) is 18.3 Å². The summed E-state index contributed by atoms with van der Waals surface area (Å²) in [7, 11) is 1.65. The number of halogens is 1. The number of hydrogen-bond acceptors (Lipinski definition) is 4. The Morgan fingerprint density at radius 2 is 1.88 bits per heavy atom. The molecule has 6 heteroatoms. The molecule has 1 fully saturated rings. The molecule has 5 nitrogen and oxygen atoms in total. The van der Waals surface area contributed by atoms with Crippen molar-refractivity contribution in [1.29, 1.82) is 0 Å². The van der Waals surface area contributed by atoms with Crippen molar-refractivity contribution in [2.24, 2.45) is 5.73 Å². The van der Waals surface area contributed by atoms with Gasteiger partial charge in [0, 0.05) is 30.9 Å². The Morgan fingerprint density at radius 1 is 1.19 bits per heavy atom. The highest BCUT2D eigenvalue weighted by molar-refractivity contribution is 5.98. The Hall–Kier alpha value is -2.08. The highest BCUT2D eigenvalue weighted by Crippen LogP contribution is 2.27. The van der Waals surface area contributed by atoms with Crippen molar-refractivity contribution in [2.45, 2.75) is 24.8 Å². The lowest BCUT2D eigenvalue weighted by atomic mass is 9.90. The Morgan fingerprint density at radius 3 is 2.54 bits per heavy atom. The number of nitrogens with two attached hydrogens (primary N) is 1. The van der Waals surface area contributed by atoms with Gasteiger partial charge in [0.15, 0.2) is 0 Å². The lowest BCUT2D eigenvalue weighted by Crippen LogP contribution is -2.54. The van der Waals surface area contributed by atoms with Crippen molar-refractivity contribution in [2.75, 3.05) is 25.6 Å². The Balaban J connectivity index is 0.00000243. The molecule has 1 aliphatic heterocycles. The van der Waals surface area contributed by atoms with Crippen LogP contribution in [-0.4, -0.2) is 31.8 Å². The predicted molar refractivity (Wildman–Crippen MR) is 105 cm³/mol. The average molecular weight is 377 g/mol. The number of rotatable bonds is 5. The number of methoxy groups -OCH3 is 1. The maximum absolute atomic E-state index is 12.6. The molecular formula is C20H25ClN2O3. The van der Waals surface area contributed by atoms with Crippen LogP contribution in [0, 0.1) is 0 Å². The molecule has 26 heavy (non-hydrogen) atoms. The summed E-state index contributed by atoms with van der Waals surface area (Å²) in [6.45, 7) is 1.04. The third kappa shape index (κ3) is 4.75. The van der Waals surface area contributed by atoms with E-state index in [4.69, 9.17) is 15.2 Å². The van der Waals surface area contributed by atoms with Crippen LogP contribution in [0.2, 0.25) is 0 Å². The number of carbonyl (C=O) groups excluding carboxylic acids is 1. The van der Waals surface area contributed by atoms with Crippen molar-refractivity contribution in [3.8, 4) is 5.75 Å². The first-order valence-electron chi connectivity index (χ1n) is 8.50. The van der Waals surface area contributed by atoms with E-state index in [1.165, 1.54) is 5.56 Å². The third-order valence-electron chi connectivity index (χ3n) is 4.61. The molecule has 1 saturated heterocycles. The topological polar surface area (TPSA) is 73.6 Å². The van der Waals surface area contributed by atoms with Gasteiger partial charge in [0.25, 0.3) is 0 Å². The summed E-state index contributed by atoms with van der Waals surface area (Å²) in [6.07, 6.45) is 1.80. The number of carbonyl (C=O) groups is 1. The molecule has 140 valence electrons. The fourth-order valence-corrected chi connectivity index (χ4v) is 3.03. The van der Waals surface area contributed by atoms with Gasteiger partial charge in [0.2, 0.25) is 5.91 Å². The van der Waals surface area contributed by atoms with Crippen LogP contribution in [0.1, 0.15) is 24.0 Å². The summed E-state index contributed by atoms with van der Waals surface area (Å²) in [4.78, 5) is 12.6. The Kier molecular flexibility index (Phi) is 7.03. The minimum absolute atomic E-state index is 0. The van der Waals surface area contributed by atoms with E-state index in [1.54, 1.807) is 7.11 Å². The second-order valence-electron chi connectivity index (χ2n) is 6.41. The van der Waals surface area contributed by atoms with Crippen LogP contribution in [-0.2, 0) is 16.0 Å². The summed E-state index contributed by atoms with van der Waals surface area (Å²) >= 11 is 0. The van der Waals surface area contributed by atoms with E-state index in [0.717, 1.165) is 23.4 Å². The van der Waals surface area contributed by atoms with Crippen molar-refractivity contribution >= 4 is 24.0 Å². The van der Waals surface area contributed by atoms with Crippen molar-refractivity contribution < 1.29 is 14.3 Å². The fourth-order valence-electron chi connectivity index (χ4n) is 3.03. The molecule has 3 N–H and O–H groups in total. The summed E-state index contributed by atoms with van der Waals surface area (Å²) in [6, 6.07) is 15.8. The molecule has 0 radical (unpaired) electrons. The van der Waals surface area contributed by atoms with Gasteiger partial charge in [-0.05, 0) is 36.6 Å². The fraction of sp³-hybridized carbons (Fsp3) is 0.350. The zero-order chi connectivity index (χ0) is 17.7. The number of ether oxygens (including phenoxy) is 2. The summed E-state index contributed by atoms with van der Waals surface area (Å²) < 4.78 is 10.8. The van der Waals surface area contributed by atoms with E-state index in [1.807, 2.05) is 36.4 Å². The van der Waals surface area contributed by atoms with Gasteiger partial charge >= 0.3 is 0 Å². The summed E-state index contributed by atoms with van der Waals surface area (Å²) in [5.74, 6) is 0.641. The maximum atomic E-state index is 12.6. The van der Waals surface area contributed by atoms with Crippen LogP contribution in [0.4, 0.5) is 5.69 Å². The molecule has 0 saturated carbocycles. The van der Waals surface area contributed by atoms with Crippen LogP contribution in [0.3, 0.4) is 0 Å². The van der Waals surface area contributed by atoms with Crippen molar-refractivity contribution in [1.82, 2.24) is 0 Å². The summed E-state index contributed by atoms with van der Waals surface area (Å²) in [5, 5.41) is 2.95. The number of hydrogen-bond donors (Lipinski definition) is 2. The predicted octanol–water partition coefficient (Wildman–Crippen LogP) is 3.15. The van der Waals surface area contributed by atoms with E-state index in [9.17, 15) is 4.79 Å². The molecule has 0 aromatic heterocycles. The van der Waals surface area contributed by atoms with Crippen molar-refractivity contribution in [3.63, 3.8) is 0 Å². The van der Waals surface area contributed by atoms with Crippen LogP contribution >= 0.6 is 12.4 Å². The molecule has 0 atom stereocenters. The van der Waals surface area contributed by atoms with Crippen LogP contribution in [0.5, 0.6) is 5.75 Å². The van der Waals surface area contributed by atoms with Gasteiger partial charge in [-0.1, -0.05) is 30.3 Å². The molecule has 1 amide bonds. The monoisotopic (exact) mass is 376 g/mol. The SMILES string of the molecule is COc1ccc(NC(=O)C2(N)CCOCC2)cc1Cc1ccccc1.Cl. The lowest BCUT2D eigenvalue weighted by Gasteiger charge is -2.31. The lowest BCUT2D eigenvalue weighted by molar-refractivity contribution is -0.124. The van der Waals surface area contributed by atoms with Gasteiger partial charge in [-0.15, -0.1) is 12.4 Å². The first-order chi connectivity index (χ1) is 12.1. The van der Waals surface area contributed by atoms with Crippen LogP contribution in [0.25, 0.3) is 0 Å². The first-order valence-corrected chi connectivity index (χ1v) is 8.50. The number of amides is 1. The maximum Gasteiger partial charge on any atom is 0.244 e. The zero-order valence-electron chi connectivity index (χ0n) is 14.9. The number of nitrogens with one attached hydrogen (secondary N) is 1. The molecule has 0 unspecified atom stereocenters. The molecule has 3 rings (SSSR count). The standard InChI is InChI=1S/C20H24N2O3.ClH/c1-24-18-8-7-17(14-16(18)13-15-5-3-2-4-6-15)22-19(23)20(21)9-11-25-12-10-20;/h2-8,14H,9-13,21H2,1H3,(H,22,23);1H. The normalized spacial score (nSPS) is 15.6. The molecule has 1 aliphatic rings. The minimum atomic E-state index is -0.863. The average Bonchev–Trinajstić information content (AvgIpc) is 2.63. The smallest absolute Gasteiger partial charge is 0.244 e. The van der Waals surface area contributed by atoms with Crippen molar-refractivity contribution in [3.05, 3.63) is 59.7 Å². The highest BCUT2D eigenvalue weighted by atomic mass is 35.5. The zero-order valence-corrected chi connectivity index (χ0v) is 15.7. The first kappa shape index (κ1) is 20.2. The van der Waals surface area contributed by atoms with Gasteiger partial charge in [-0.25, -0.2) is 0 Å². The van der Waals surface area contributed by atoms with Gasteiger partial charge in [0.05, 0.1) is 7.11 Å². The van der Waals surface area contributed by atoms with Gasteiger partial charge in [-0.2, -0.15) is 0 Å². The Labute approximate surface area is 160 Å². The quantitative estimate of drug-likeness (QED) is 0.840. The van der Waals surface area contributed by atoms with E-state index >= 15 is 0 Å². The molecule has 2 aromatic rings. The van der Waals surface area contributed by atoms with Gasteiger partial charge in [0.1, 0.15) is 11.3 Å². The Bertz CT molecular complexity index is 731. The van der Waals surface area contributed by atoms with E-state index < -0.39 is 5.54 Å². The minimum Gasteiger partial charge on any atom is -0.496 e. The van der Waals surface area contributed by atoms with Gasteiger partial charge < -0.3 is 20.5 Å². The highest BCUT2D eigenvalue weighted by Gasteiger charge is 2.35. The molecule has 0 bridgehead atoms. The van der Waals surface area contributed by atoms with Gasteiger partial charge in [-0.3, -0.25) is 4.79 Å². The molecule has 2 aromatic carbocycles. The third-order valence-corrected chi connectivity index (χ3v) is 4.61. The molecular weight excluding hydrogens is 352 g/mol. The van der Waals surface area contributed by atoms with Crippen LogP contribution < -0.4 is 15.8 Å². The second kappa shape index (κ2) is 9.03. The van der Waals surface area contributed by atoms with E-state index in [0.29, 0.717) is 26.1 Å². The number of benzene rings is 2. The number of anilines is 1. The second-order valence-corrected chi connectivity index (χ2v) is 6.41. The summed E-state index contributed by atoms with van der Waals surface area (Å²) in [5.41, 5.74) is 8.32.